The Labute approximate surface area is 126 Å². The standard InChI is InChI=1S/C16H25N3O2/c1-11(2)19-15(17-5)18-9-16(3,4)12-6-7-13-14(8-12)21-10-20-13/h6-8,11H,9-10H2,1-5H3,(H2,17,18,19). The summed E-state index contributed by atoms with van der Waals surface area (Å²) in [6, 6.07) is 6.47. The fraction of sp³-hybridized carbons (Fsp3) is 0.562. The molecule has 1 aromatic carbocycles. The van der Waals surface area contributed by atoms with Gasteiger partial charge in [0.1, 0.15) is 0 Å². The third-order valence-corrected chi connectivity index (χ3v) is 3.50. The minimum absolute atomic E-state index is 0.0461. The molecule has 2 N–H and O–H groups in total. The third kappa shape index (κ3) is 3.80. The molecule has 0 fully saturated rings. The number of nitrogens with zero attached hydrogens (tertiary/aromatic N) is 1. The van der Waals surface area contributed by atoms with E-state index < -0.39 is 0 Å². The molecule has 0 aliphatic carbocycles. The molecule has 0 spiro atoms. The van der Waals surface area contributed by atoms with Crippen molar-refractivity contribution in [1.29, 1.82) is 0 Å². The molecule has 0 amide bonds. The Morgan fingerprint density at radius 3 is 2.67 bits per heavy atom. The Kier molecular flexibility index (Phi) is 4.60. The fourth-order valence-corrected chi connectivity index (χ4v) is 2.19. The summed E-state index contributed by atoms with van der Waals surface area (Å²) in [5.74, 6) is 2.46. The van der Waals surface area contributed by atoms with E-state index in [0.29, 0.717) is 12.8 Å². The molecule has 1 heterocycles. The van der Waals surface area contributed by atoms with Crippen molar-refractivity contribution in [3.05, 3.63) is 23.8 Å². The average Bonchev–Trinajstić information content (AvgIpc) is 2.90. The molecule has 1 aliphatic heterocycles. The molecule has 0 saturated heterocycles. The zero-order valence-electron chi connectivity index (χ0n) is 13.5. The smallest absolute Gasteiger partial charge is 0.231 e. The molecule has 0 aromatic heterocycles. The number of aliphatic imine (C=N–C) groups is 1. The van der Waals surface area contributed by atoms with Crippen LogP contribution in [0.15, 0.2) is 23.2 Å². The van der Waals surface area contributed by atoms with Gasteiger partial charge in [0.2, 0.25) is 6.79 Å². The van der Waals surface area contributed by atoms with Gasteiger partial charge in [-0.25, -0.2) is 0 Å². The number of nitrogens with one attached hydrogen (secondary N) is 2. The minimum Gasteiger partial charge on any atom is -0.454 e. The summed E-state index contributed by atoms with van der Waals surface area (Å²) >= 11 is 0. The number of hydrogen-bond donors (Lipinski definition) is 2. The lowest BCUT2D eigenvalue weighted by Gasteiger charge is -2.27. The van der Waals surface area contributed by atoms with E-state index in [4.69, 9.17) is 9.47 Å². The van der Waals surface area contributed by atoms with Gasteiger partial charge in [-0.15, -0.1) is 0 Å². The maximum Gasteiger partial charge on any atom is 0.231 e. The molecule has 5 nitrogen and oxygen atoms in total. The lowest BCUT2D eigenvalue weighted by molar-refractivity contribution is 0.174. The van der Waals surface area contributed by atoms with Gasteiger partial charge in [-0.05, 0) is 31.5 Å². The van der Waals surface area contributed by atoms with E-state index in [0.717, 1.165) is 24.0 Å². The summed E-state index contributed by atoms with van der Waals surface area (Å²) in [5, 5.41) is 6.66. The van der Waals surface area contributed by atoms with Crippen LogP contribution in [0, 0.1) is 0 Å². The van der Waals surface area contributed by atoms with E-state index in [1.807, 2.05) is 6.07 Å². The van der Waals surface area contributed by atoms with Gasteiger partial charge in [0.05, 0.1) is 0 Å². The quantitative estimate of drug-likeness (QED) is 0.660. The predicted molar refractivity (Wildman–Crippen MR) is 85.2 cm³/mol. The number of ether oxygens (including phenoxy) is 2. The average molecular weight is 291 g/mol. The summed E-state index contributed by atoms with van der Waals surface area (Å²) < 4.78 is 10.8. The first-order valence-electron chi connectivity index (χ1n) is 7.29. The maximum atomic E-state index is 5.45. The fourth-order valence-electron chi connectivity index (χ4n) is 2.19. The first-order chi connectivity index (χ1) is 9.92. The molecule has 0 radical (unpaired) electrons. The van der Waals surface area contributed by atoms with Gasteiger partial charge in [-0.3, -0.25) is 4.99 Å². The monoisotopic (exact) mass is 291 g/mol. The first-order valence-corrected chi connectivity index (χ1v) is 7.29. The van der Waals surface area contributed by atoms with Crippen LogP contribution in [0.5, 0.6) is 11.5 Å². The molecule has 2 rings (SSSR count). The molecule has 5 heteroatoms. The maximum absolute atomic E-state index is 5.45. The summed E-state index contributed by atoms with van der Waals surface area (Å²) in [4.78, 5) is 4.23. The highest BCUT2D eigenvalue weighted by atomic mass is 16.7. The topological polar surface area (TPSA) is 54.9 Å². The Hall–Kier alpha value is -1.91. The largest absolute Gasteiger partial charge is 0.454 e. The summed E-state index contributed by atoms with van der Waals surface area (Å²) in [6.07, 6.45) is 0. The van der Waals surface area contributed by atoms with Gasteiger partial charge in [-0.1, -0.05) is 19.9 Å². The highest BCUT2D eigenvalue weighted by molar-refractivity contribution is 5.80. The second-order valence-electron chi connectivity index (χ2n) is 6.18. The first kappa shape index (κ1) is 15.5. The Morgan fingerprint density at radius 2 is 2.00 bits per heavy atom. The van der Waals surface area contributed by atoms with Crippen LogP contribution >= 0.6 is 0 Å². The Balaban J connectivity index is 2.04. The van der Waals surface area contributed by atoms with Gasteiger partial charge >= 0.3 is 0 Å². The van der Waals surface area contributed by atoms with Crippen LogP contribution in [0.4, 0.5) is 0 Å². The molecular weight excluding hydrogens is 266 g/mol. The number of rotatable bonds is 4. The van der Waals surface area contributed by atoms with Crippen molar-refractivity contribution in [3.63, 3.8) is 0 Å². The van der Waals surface area contributed by atoms with Crippen molar-refractivity contribution < 1.29 is 9.47 Å². The Morgan fingerprint density at radius 1 is 1.29 bits per heavy atom. The van der Waals surface area contributed by atoms with E-state index in [-0.39, 0.29) is 5.41 Å². The number of hydrogen-bond acceptors (Lipinski definition) is 3. The zero-order valence-corrected chi connectivity index (χ0v) is 13.5. The van der Waals surface area contributed by atoms with E-state index >= 15 is 0 Å². The molecule has 1 aromatic rings. The highest BCUT2D eigenvalue weighted by Crippen LogP contribution is 2.36. The molecule has 1 aliphatic rings. The lowest BCUT2D eigenvalue weighted by Crippen LogP contribution is -2.45. The second-order valence-corrected chi connectivity index (χ2v) is 6.18. The van der Waals surface area contributed by atoms with Crippen LogP contribution in [0.3, 0.4) is 0 Å². The van der Waals surface area contributed by atoms with Crippen molar-refractivity contribution in [2.45, 2.75) is 39.2 Å². The van der Waals surface area contributed by atoms with Crippen LogP contribution in [-0.2, 0) is 5.41 Å². The number of fused-ring (bicyclic) bond motifs is 1. The van der Waals surface area contributed by atoms with Crippen molar-refractivity contribution in [1.82, 2.24) is 10.6 Å². The summed E-state index contributed by atoms with van der Waals surface area (Å²) in [6.45, 7) is 9.66. The van der Waals surface area contributed by atoms with E-state index in [2.05, 4.69) is 55.5 Å². The lowest BCUT2D eigenvalue weighted by atomic mass is 9.84. The summed E-state index contributed by atoms with van der Waals surface area (Å²) in [5.41, 5.74) is 1.16. The van der Waals surface area contributed by atoms with Gasteiger partial charge in [0, 0.05) is 25.0 Å². The highest BCUT2D eigenvalue weighted by Gasteiger charge is 2.24. The second kappa shape index (κ2) is 6.24. The minimum atomic E-state index is -0.0461. The predicted octanol–water partition coefficient (Wildman–Crippen LogP) is 2.27. The molecule has 0 unspecified atom stereocenters. The van der Waals surface area contributed by atoms with E-state index in [1.165, 1.54) is 5.56 Å². The van der Waals surface area contributed by atoms with Gasteiger partial charge < -0.3 is 20.1 Å². The molecule has 21 heavy (non-hydrogen) atoms. The normalized spacial score (nSPS) is 14.5. The van der Waals surface area contributed by atoms with Gasteiger partial charge in [-0.2, -0.15) is 0 Å². The van der Waals surface area contributed by atoms with E-state index in [1.54, 1.807) is 7.05 Å². The molecule has 0 bridgehead atoms. The van der Waals surface area contributed by atoms with Crippen LogP contribution in [0.2, 0.25) is 0 Å². The van der Waals surface area contributed by atoms with Crippen LogP contribution < -0.4 is 20.1 Å². The molecule has 116 valence electrons. The van der Waals surface area contributed by atoms with Gasteiger partial charge in [0.25, 0.3) is 0 Å². The van der Waals surface area contributed by atoms with E-state index in [9.17, 15) is 0 Å². The van der Waals surface area contributed by atoms with Crippen molar-refractivity contribution >= 4 is 5.96 Å². The van der Waals surface area contributed by atoms with Crippen LogP contribution in [0.25, 0.3) is 0 Å². The van der Waals surface area contributed by atoms with Crippen molar-refractivity contribution in [2.75, 3.05) is 20.4 Å². The van der Waals surface area contributed by atoms with Crippen molar-refractivity contribution in [2.24, 2.45) is 4.99 Å². The van der Waals surface area contributed by atoms with Crippen LogP contribution in [0.1, 0.15) is 33.3 Å². The Bertz CT molecular complexity index is 524. The molecule has 0 saturated carbocycles. The number of guanidine groups is 1. The number of benzene rings is 1. The van der Waals surface area contributed by atoms with Crippen molar-refractivity contribution in [3.8, 4) is 11.5 Å². The SMILES string of the molecule is CN=C(NCC(C)(C)c1ccc2c(c1)OCO2)NC(C)C. The molecular formula is C16H25N3O2. The van der Waals surface area contributed by atoms with Crippen LogP contribution in [-0.4, -0.2) is 32.4 Å². The summed E-state index contributed by atoms with van der Waals surface area (Å²) in [7, 11) is 1.78. The molecule has 0 atom stereocenters. The zero-order chi connectivity index (χ0) is 15.5. The van der Waals surface area contributed by atoms with Gasteiger partial charge in [0.15, 0.2) is 17.5 Å². The third-order valence-electron chi connectivity index (χ3n) is 3.50.